The van der Waals surface area contributed by atoms with Crippen LogP contribution in [0.2, 0.25) is 0 Å². The second kappa shape index (κ2) is 13.8. The molecule has 0 aliphatic heterocycles. The highest BCUT2D eigenvalue weighted by Gasteiger charge is 2.59. The van der Waals surface area contributed by atoms with Gasteiger partial charge in [0.25, 0.3) is 0 Å². The van der Waals surface area contributed by atoms with Gasteiger partial charge in [0.05, 0.1) is 12.7 Å². The van der Waals surface area contributed by atoms with Gasteiger partial charge in [-0.2, -0.15) is 0 Å². The van der Waals surface area contributed by atoms with Crippen molar-refractivity contribution in [2.24, 2.45) is 46.3 Å². The van der Waals surface area contributed by atoms with Gasteiger partial charge >= 0.3 is 0 Å². The minimum absolute atomic E-state index is 0.270. The van der Waals surface area contributed by atoms with Crippen LogP contribution in [0.1, 0.15) is 105 Å². The normalized spacial score (nSPS) is 33.6. The molecule has 4 heteroatoms. The van der Waals surface area contributed by atoms with Crippen LogP contribution in [-0.2, 0) is 9.30 Å². The Bertz CT molecular complexity index is 1300. The van der Waals surface area contributed by atoms with Crippen molar-refractivity contribution in [2.75, 3.05) is 13.2 Å². The predicted molar refractivity (Wildman–Crippen MR) is 191 cm³/mol. The van der Waals surface area contributed by atoms with Gasteiger partial charge in [-0.15, -0.1) is 0 Å². The van der Waals surface area contributed by atoms with E-state index in [2.05, 4.69) is 45.8 Å². The van der Waals surface area contributed by atoms with E-state index in [9.17, 15) is 4.57 Å². The van der Waals surface area contributed by atoms with Crippen LogP contribution in [0.15, 0.2) is 72.3 Å². The standard InChI is InChI=1S/C41H60NO2P/c1-30(2)13-12-14-31(3)37-21-22-38-36-20-19-32-29-33(23-25-40(32,4)39(36)24-26-41(37,38)5)44-28-27-42-45(43,34-15-8-6-9-16-34)35-17-10-7-11-18-35/h6-11,15-19,30-31,33,36-39H,12-14,20-29H2,1-5H3,(H,42,43)/t31-,33+,36?,37-,38?,39?,40+,41-/m1/s1. The van der Waals surface area contributed by atoms with E-state index < -0.39 is 7.29 Å². The van der Waals surface area contributed by atoms with Crippen molar-refractivity contribution in [1.82, 2.24) is 5.09 Å². The number of allylic oxidation sites excluding steroid dienone is 1. The van der Waals surface area contributed by atoms with Crippen LogP contribution >= 0.6 is 7.29 Å². The molecule has 4 aliphatic carbocycles. The first-order valence-electron chi connectivity index (χ1n) is 18.4. The van der Waals surface area contributed by atoms with Crippen molar-refractivity contribution < 1.29 is 9.30 Å². The Balaban J connectivity index is 1.05. The number of ether oxygens (including phenoxy) is 1. The Hall–Kier alpha value is -1.67. The van der Waals surface area contributed by atoms with Crippen molar-refractivity contribution in [1.29, 1.82) is 0 Å². The quantitative estimate of drug-likeness (QED) is 0.144. The van der Waals surface area contributed by atoms with Crippen LogP contribution in [0.4, 0.5) is 0 Å². The summed E-state index contributed by atoms with van der Waals surface area (Å²) in [5, 5.41) is 5.14. The lowest BCUT2D eigenvalue weighted by Gasteiger charge is -2.58. The third-order valence-electron chi connectivity index (χ3n) is 13.3. The number of fused-ring (bicyclic) bond motifs is 5. The molecule has 0 radical (unpaired) electrons. The fourth-order valence-electron chi connectivity index (χ4n) is 10.8. The Morgan fingerprint density at radius 2 is 1.56 bits per heavy atom. The zero-order chi connectivity index (χ0) is 31.7. The summed E-state index contributed by atoms with van der Waals surface area (Å²) in [5.41, 5.74) is 2.58. The fraction of sp³-hybridized carbons (Fsp3) is 0.659. The summed E-state index contributed by atoms with van der Waals surface area (Å²) in [6, 6.07) is 19.7. The number of rotatable bonds is 12. The largest absolute Gasteiger partial charge is 0.377 e. The van der Waals surface area contributed by atoms with E-state index in [1.165, 1.54) is 57.8 Å². The molecule has 246 valence electrons. The summed E-state index contributed by atoms with van der Waals surface area (Å²) in [4.78, 5) is 0. The zero-order valence-corrected chi connectivity index (χ0v) is 29.7. The van der Waals surface area contributed by atoms with Gasteiger partial charge in [0.2, 0.25) is 7.29 Å². The first-order valence-corrected chi connectivity index (χ1v) is 20.1. The smallest absolute Gasteiger partial charge is 0.204 e. The minimum atomic E-state index is -2.92. The van der Waals surface area contributed by atoms with Crippen LogP contribution in [0, 0.1) is 46.3 Å². The van der Waals surface area contributed by atoms with Gasteiger partial charge in [0.15, 0.2) is 0 Å². The molecule has 1 N–H and O–H groups in total. The summed E-state index contributed by atoms with van der Waals surface area (Å²) < 4.78 is 20.8. The van der Waals surface area contributed by atoms with Crippen LogP contribution in [0.3, 0.4) is 0 Å². The molecule has 0 aromatic heterocycles. The summed E-state index contributed by atoms with van der Waals surface area (Å²) in [5.74, 6) is 5.25. The van der Waals surface area contributed by atoms with Crippen molar-refractivity contribution in [2.45, 2.75) is 111 Å². The molecule has 0 amide bonds. The minimum Gasteiger partial charge on any atom is -0.377 e. The highest BCUT2D eigenvalue weighted by atomic mass is 31.2. The van der Waals surface area contributed by atoms with E-state index in [-0.39, 0.29) is 6.10 Å². The fourth-order valence-corrected chi connectivity index (χ4v) is 13.1. The van der Waals surface area contributed by atoms with Gasteiger partial charge < -0.3 is 4.74 Å². The maximum atomic E-state index is 14.3. The van der Waals surface area contributed by atoms with Crippen LogP contribution in [-0.4, -0.2) is 19.3 Å². The summed E-state index contributed by atoms with van der Waals surface area (Å²) in [7, 11) is -2.92. The third-order valence-corrected chi connectivity index (χ3v) is 16.0. The van der Waals surface area contributed by atoms with Crippen molar-refractivity contribution in [3.8, 4) is 0 Å². The molecule has 0 spiro atoms. The van der Waals surface area contributed by atoms with Gasteiger partial charge in [0.1, 0.15) is 0 Å². The molecule has 0 heterocycles. The Labute approximate surface area is 274 Å². The molecule has 6 rings (SSSR count). The van der Waals surface area contributed by atoms with E-state index in [0.29, 0.717) is 24.0 Å². The van der Waals surface area contributed by atoms with Gasteiger partial charge in [-0.25, -0.2) is 0 Å². The van der Waals surface area contributed by atoms with Crippen molar-refractivity contribution in [3.63, 3.8) is 0 Å². The number of benzene rings is 2. The van der Waals surface area contributed by atoms with Gasteiger partial charge in [0, 0.05) is 17.2 Å². The SMILES string of the molecule is CC(C)CCC[C@@H](C)[C@H]1CCC2C3CC=C4C[C@@H](OCCNP(=O)(c5ccccc5)c5ccccc5)CC[C@]4(C)C3CC[C@@]21C. The lowest BCUT2D eigenvalue weighted by atomic mass is 9.47. The summed E-state index contributed by atoms with van der Waals surface area (Å²) in [6.45, 7) is 13.8. The highest BCUT2D eigenvalue weighted by molar-refractivity contribution is 7.76. The van der Waals surface area contributed by atoms with E-state index >= 15 is 0 Å². The maximum absolute atomic E-state index is 14.3. The average molecular weight is 630 g/mol. The lowest BCUT2D eigenvalue weighted by molar-refractivity contribution is -0.0635. The lowest BCUT2D eigenvalue weighted by Crippen LogP contribution is -2.51. The van der Waals surface area contributed by atoms with Gasteiger partial charge in [-0.05, 0) is 122 Å². The Morgan fingerprint density at radius 3 is 2.22 bits per heavy atom. The number of hydrogen-bond donors (Lipinski definition) is 1. The monoisotopic (exact) mass is 629 g/mol. The van der Waals surface area contributed by atoms with Crippen LogP contribution < -0.4 is 15.7 Å². The number of hydrogen-bond acceptors (Lipinski definition) is 2. The molecule has 8 atom stereocenters. The molecule has 4 aliphatic rings. The average Bonchev–Trinajstić information content (AvgIpc) is 3.41. The molecule has 2 aromatic carbocycles. The maximum Gasteiger partial charge on any atom is 0.204 e. The van der Waals surface area contributed by atoms with Gasteiger partial charge in [-0.1, -0.05) is 102 Å². The molecule has 3 fully saturated rings. The first-order chi connectivity index (χ1) is 21.6. The molecule has 2 aromatic rings. The molecule has 3 saturated carbocycles. The summed E-state index contributed by atoms with van der Waals surface area (Å²) >= 11 is 0. The van der Waals surface area contributed by atoms with Crippen molar-refractivity contribution in [3.05, 3.63) is 72.3 Å². The third kappa shape index (κ3) is 6.58. The molecule has 45 heavy (non-hydrogen) atoms. The predicted octanol–water partition coefficient (Wildman–Crippen LogP) is 9.93. The van der Waals surface area contributed by atoms with Crippen molar-refractivity contribution >= 4 is 17.9 Å². The van der Waals surface area contributed by atoms with Crippen LogP contribution in [0.25, 0.3) is 0 Å². The molecule has 3 unspecified atom stereocenters. The number of nitrogens with one attached hydrogen (secondary N) is 1. The Kier molecular flexibility index (Phi) is 10.2. The molecular weight excluding hydrogens is 569 g/mol. The second-order valence-electron chi connectivity index (χ2n) is 16.2. The molecule has 0 bridgehead atoms. The topological polar surface area (TPSA) is 38.3 Å². The highest BCUT2D eigenvalue weighted by Crippen LogP contribution is 2.67. The molecular formula is C41H60NO2P. The Morgan fingerprint density at radius 1 is 0.867 bits per heavy atom. The van der Waals surface area contributed by atoms with E-state index in [1.807, 2.05) is 60.7 Å². The first kappa shape index (κ1) is 33.2. The zero-order valence-electron chi connectivity index (χ0n) is 28.8. The second-order valence-corrected chi connectivity index (χ2v) is 18.8. The van der Waals surface area contributed by atoms with Crippen LogP contribution in [0.5, 0.6) is 0 Å². The summed E-state index contributed by atoms with van der Waals surface area (Å²) in [6.07, 6.45) is 17.7. The molecule has 0 saturated heterocycles. The van der Waals surface area contributed by atoms with E-state index in [1.54, 1.807) is 5.57 Å². The van der Waals surface area contributed by atoms with Gasteiger partial charge in [-0.3, -0.25) is 9.65 Å². The van der Waals surface area contributed by atoms with E-state index in [0.717, 1.165) is 59.0 Å². The molecule has 3 nitrogen and oxygen atoms in total. The van der Waals surface area contributed by atoms with E-state index in [4.69, 9.17) is 4.74 Å².